The van der Waals surface area contributed by atoms with Crippen molar-refractivity contribution < 1.29 is 0 Å². The molecular formula is C15H13Br2N3S. The van der Waals surface area contributed by atoms with Gasteiger partial charge in [-0.05, 0) is 55.4 Å². The van der Waals surface area contributed by atoms with Crippen LogP contribution in [0.5, 0.6) is 0 Å². The van der Waals surface area contributed by atoms with E-state index in [9.17, 15) is 0 Å². The summed E-state index contributed by atoms with van der Waals surface area (Å²) in [5.41, 5.74) is 7.89. The van der Waals surface area contributed by atoms with Gasteiger partial charge in [0.2, 0.25) is 0 Å². The standard InChI is InChI=1S/C15H13Br2N3S/c16-10-6-9-2-1-3-12(14(9)19-8-10)20-13(7-18)15-11(17)4-5-21-15/h1-6,8,13,20H,7,18H2. The average molecular weight is 427 g/mol. The maximum absolute atomic E-state index is 5.94. The van der Waals surface area contributed by atoms with Crippen LogP contribution >= 0.6 is 43.2 Å². The third kappa shape index (κ3) is 3.13. The van der Waals surface area contributed by atoms with Crippen molar-refractivity contribution >= 4 is 59.8 Å². The molecule has 2 heterocycles. The number of fused-ring (bicyclic) bond motifs is 1. The minimum Gasteiger partial charge on any atom is -0.374 e. The Morgan fingerprint density at radius 2 is 2.14 bits per heavy atom. The Kier molecular flexibility index (Phi) is 4.59. The minimum absolute atomic E-state index is 0.0652. The van der Waals surface area contributed by atoms with Gasteiger partial charge in [-0.15, -0.1) is 11.3 Å². The van der Waals surface area contributed by atoms with Gasteiger partial charge in [-0.1, -0.05) is 12.1 Å². The number of anilines is 1. The van der Waals surface area contributed by atoms with Crippen molar-refractivity contribution in [3.05, 3.63) is 55.7 Å². The molecule has 21 heavy (non-hydrogen) atoms. The molecule has 3 N–H and O–H groups in total. The number of pyridine rings is 1. The molecule has 0 fully saturated rings. The molecule has 1 aromatic carbocycles. The maximum Gasteiger partial charge on any atom is 0.0934 e. The van der Waals surface area contributed by atoms with Gasteiger partial charge >= 0.3 is 0 Å². The van der Waals surface area contributed by atoms with Crippen LogP contribution in [0.3, 0.4) is 0 Å². The Hall–Kier alpha value is -0.950. The summed E-state index contributed by atoms with van der Waals surface area (Å²) in [4.78, 5) is 5.71. The maximum atomic E-state index is 5.94. The van der Waals surface area contributed by atoms with Crippen LogP contribution in [0, 0.1) is 0 Å². The van der Waals surface area contributed by atoms with E-state index in [0.29, 0.717) is 6.54 Å². The van der Waals surface area contributed by atoms with Gasteiger partial charge in [0, 0.05) is 32.0 Å². The first kappa shape index (κ1) is 15.0. The van der Waals surface area contributed by atoms with E-state index >= 15 is 0 Å². The average Bonchev–Trinajstić information content (AvgIpc) is 2.90. The largest absolute Gasteiger partial charge is 0.374 e. The molecule has 1 atom stereocenters. The molecule has 0 bridgehead atoms. The van der Waals surface area contributed by atoms with Gasteiger partial charge in [0.15, 0.2) is 0 Å². The normalized spacial score (nSPS) is 12.5. The Labute approximate surface area is 143 Å². The number of rotatable bonds is 4. The van der Waals surface area contributed by atoms with Crippen molar-refractivity contribution in [2.45, 2.75) is 6.04 Å². The van der Waals surface area contributed by atoms with E-state index in [1.54, 1.807) is 11.3 Å². The van der Waals surface area contributed by atoms with Crippen LogP contribution in [0.4, 0.5) is 5.69 Å². The zero-order chi connectivity index (χ0) is 14.8. The predicted octanol–water partition coefficient (Wildman–Crippen LogP) is 4.93. The van der Waals surface area contributed by atoms with Crippen molar-refractivity contribution in [1.29, 1.82) is 0 Å². The highest BCUT2D eigenvalue weighted by molar-refractivity contribution is 9.10. The third-order valence-corrected chi connectivity index (χ3v) is 5.62. The van der Waals surface area contributed by atoms with Crippen LogP contribution in [0.2, 0.25) is 0 Å². The molecule has 0 aliphatic carbocycles. The molecular weight excluding hydrogens is 414 g/mol. The van der Waals surface area contributed by atoms with E-state index in [0.717, 1.165) is 25.5 Å². The predicted molar refractivity (Wildman–Crippen MR) is 96.9 cm³/mol. The lowest BCUT2D eigenvalue weighted by Crippen LogP contribution is -2.20. The van der Waals surface area contributed by atoms with Crippen molar-refractivity contribution in [2.24, 2.45) is 5.73 Å². The minimum atomic E-state index is 0.0652. The summed E-state index contributed by atoms with van der Waals surface area (Å²) < 4.78 is 2.06. The fourth-order valence-electron chi connectivity index (χ4n) is 2.22. The van der Waals surface area contributed by atoms with E-state index in [4.69, 9.17) is 5.73 Å². The van der Waals surface area contributed by atoms with Crippen molar-refractivity contribution in [2.75, 3.05) is 11.9 Å². The molecule has 3 aromatic rings. The smallest absolute Gasteiger partial charge is 0.0934 e. The van der Waals surface area contributed by atoms with E-state index in [1.165, 1.54) is 4.88 Å². The van der Waals surface area contributed by atoms with Gasteiger partial charge in [0.25, 0.3) is 0 Å². The van der Waals surface area contributed by atoms with E-state index in [1.807, 2.05) is 24.4 Å². The first-order valence-corrected chi connectivity index (χ1v) is 8.89. The van der Waals surface area contributed by atoms with Gasteiger partial charge in [-0.3, -0.25) is 4.98 Å². The third-order valence-electron chi connectivity index (χ3n) is 3.20. The number of benzene rings is 1. The van der Waals surface area contributed by atoms with Crippen LogP contribution in [-0.2, 0) is 0 Å². The molecule has 1 unspecified atom stereocenters. The number of nitrogens with two attached hydrogens (primary N) is 1. The second kappa shape index (κ2) is 6.44. The second-order valence-electron chi connectivity index (χ2n) is 4.60. The number of hydrogen-bond donors (Lipinski definition) is 2. The highest BCUT2D eigenvalue weighted by Crippen LogP contribution is 2.32. The molecule has 2 aromatic heterocycles. The fraction of sp³-hybridized carbons (Fsp3) is 0.133. The molecule has 0 aliphatic heterocycles. The first-order chi connectivity index (χ1) is 10.2. The summed E-state index contributed by atoms with van der Waals surface area (Å²) >= 11 is 8.72. The number of nitrogens with one attached hydrogen (secondary N) is 1. The molecule has 0 aliphatic rings. The summed E-state index contributed by atoms with van der Waals surface area (Å²) in [5.74, 6) is 0. The number of halogens is 2. The monoisotopic (exact) mass is 425 g/mol. The topological polar surface area (TPSA) is 50.9 Å². The molecule has 6 heteroatoms. The summed E-state index contributed by atoms with van der Waals surface area (Å²) in [6.45, 7) is 0.520. The van der Waals surface area contributed by atoms with Gasteiger partial charge < -0.3 is 11.1 Å². The quantitative estimate of drug-likeness (QED) is 0.621. The Balaban J connectivity index is 1.99. The Morgan fingerprint density at radius 3 is 2.86 bits per heavy atom. The number of nitrogens with zero attached hydrogens (tertiary/aromatic N) is 1. The van der Waals surface area contributed by atoms with Gasteiger partial charge in [-0.25, -0.2) is 0 Å². The van der Waals surface area contributed by atoms with Crippen LogP contribution in [0.1, 0.15) is 10.9 Å². The van der Waals surface area contributed by atoms with Crippen LogP contribution < -0.4 is 11.1 Å². The van der Waals surface area contributed by atoms with Gasteiger partial charge in [0.1, 0.15) is 0 Å². The number of thiophene rings is 1. The highest BCUT2D eigenvalue weighted by atomic mass is 79.9. The van der Waals surface area contributed by atoms with Crippen LogP contribution in [-0.4, -0.2) is 11.5 Å². The first-order valence-electron chi connectivity index (χ1n) is 6.43. The lowest BCUT2D eigenvalue weighted by atomic mass is 10.1. The SMILES string of the molecule is NCC(Nc1cccc2cc(Br)cnc12)c1sccc1Br. The molecule has 0 saturated carbocycles. The van der Waals surface area contributed by atoms with Crippen LogP contribution in [0.25, 0.3) is 10.9 Å². The van der Waals surface area contributed by atoms with Gasteiger partial charge in [0.05, 0.1) is 17.2 Å². The Morgan fingerprint density at radius 1 is 1.29 bits per heavy atom. The number of para-hydroxylation sites is 1. The second-order valence-corrected chi connectivity index (χ2v) is 7.31. The summed E-state index contributed by atoms with van der Waals surface area (Å²) in [6.07, 6.45) is 1.81. The molecule has 0 saturated heterocycles. The van der Waals surface area contributed by atoms with Crippen molar-refractivity contribution in [3.8, 4) is 0 Å². The zero-order valence-electron chi connectivity index (χ0n) is 11.0. The number of aromatic nitrogens is 1. The van der Waals surface area contributed by atoms with E-state index in [-0.39, 0.29) is 6.04 Å². The molecule has 3 rings (SSSR count). The highest BCUT2D eigenvalue weighted by Gasteiger charge is 2.15. The summed E-state index contributed by atoms with van der Waals surface area (Å²) in [6, 6.07) is 10.3. The number of hydrogen-bond acceptors (Lipinski definition) is 4. The molecule has 0 amide bonds. The summed E-state index contributed by atoms with van der Waals surface area (Å²) in [5, 5.41) is 6.66. The Bertz CT molecular complexity index is 772. The molecule has 3 nitrogen and oxygen atoms in total. The molecule has 0 spiro atoms. The van der Waals surface area contributed by atoms with Crippen LogP contribution in [0.15, 0.2) is 50.9 Å². The fourth-order valence-corrected chi connectivity index (χ4v) is 4.29. The van der Waals surface area contributed by atoms with E-state index in [2.05, 4.69) is 59.7 Å². The van der Waals surface area contributed by atoms with Gasteiger partial charge in [-0.2, -0.15) is 0 Å². The lowest BCUT2D eigenvalue weighted by Gasteiger charge is -2.18. The lowest BCUT2D eigenvalue weighted by molar-refractivity contribution is 0.803. The van der Waals surface area contributed by atoms with E-state index < -0.39 is 0 Å². The van der Waals surface area contributed by atoms with Crippen molar-refractivity contribution in [3.63, 3.8) is 0 Å². The summed E-state index contributed by atoms with van der Waals surface area (Å²) in [7, 11) is 0. The molecule has 108 valence electrons. The molecule has 0 radical (unpaired) electrons. The van der Waals surface area contributed by atoms with Crippen molar-refractivity contribution in [1.82, 2.24) is 4.98 Å². The zero-order valence-corrected chi connectivity index (χ0v) is 15.0.